The Morgan fingerprint density at radius 3 is 2.45 bits per heavy atom. The molecule has 1 atom stereocenters. The zero-order chi connectivity index (χ0) is 24.8. The van der Waals surface area contributed by atoms with Crippen LogP contribution in [0, 0.1) is 12.7 Å². The minimum absolute atomic E-state index is 0.0264. The van der Waals surface area contributed by atoms with Crippen molar-refractivity contribution >= 4 is 39.1 Å². The van der Waals surface area contributed by atoms with Crippen molar-refractivity contribution in [2.75, 3.05) is 24.2 Å². The molecule has 0 saturated carbocycles. The minimum atomic E-state index is -3.63. The molecular formula is C23H29ClFN3O4S. The Hall–Kier alpha value is -2.65. The first-order valence-electron chi connectivity index (χ1n) is 10.4. The Morgan fingerprint density at radius 1 is 1.18 bits per heavy atom. The average Bonchev–Trinajstić information content (AvgIpc) is 2.76. The number of rotatable bonds is 10. The maximum absolute atomic E-state index is 14.2. The number of nitrogens with zero attached hydrogens (tertiary/aromatic N) is 2. The molecule has 0 fully saturated rings. The molecule has 0 radical (unpaired) electrons. The van der Waals surface area contributed by atoms with E-state index >= 15 is 0 Å². The molecule has 0 heterocycles. The van der Waals surface area contributed by atoms with Gasteiger partial charge in [-0.3, -0.25) is 13.9 Å². The van der Waals surface area contributed by atoms with E-state index in [4.69, 9.17) is 11.6 Å². The number of hydrogen-bond acceptors (Lipinski definition) is 4. The molecule has 0 saturated heterocycles. The monoisotopic (exact) mass is 497 g/mol. The van der Waals surface area contributed by atoms with Crippen molar-refractivity contribution in [3.05, 3.63) is 64.4 Å². The molecule has 0 aromatic heterocycles. The quantitative estimate of drug-likeness (QED) is 0.544. The molecule has 10 heteroatoms. The highest BCUT2D eigenvalue weighted by Crippen LogP contribution is 2.27. The second-order valence-corrected chi connectivity index (χ2v) is 10.1. The number of amides is 2. The number of aryl methyl sites for hydroxylation is 1. The lowest BCUT2D eigenvalue weighted by Gasteiger charge is -2.29. The van der Waals surface area contributed by atoms with Gasteiger partial charge in [0, 0.05) is 37.1 Å². The van der Waals surface area contributed by atoms with E-state index < -0.39 is 21.9 Å². The normalized spacial score (nSPS) is 12.2. The molecule has 1 unspecified atom stereocenters. The Labute approximate surface area is 199 Å². The number of carbonyl (C=O) groups excluding carboxylic acids is 2. The topological polar surface area (TPSA) is 86.8 Å². The molecule has 2 amide bonds. The summed E-state index contributed by atoms with van der Waals surface area (Å²) in [5.41, 5.74) is 1.46. The van der Waals surface area contributed by atoms with Gasteiger partial charge in [-0.2, -0.15) is 0 Å². The predicted molar refractivity (Wildman–Crippen MR) is 128 cm³/mol. The van der Waals surface area contributed by atoms with E-state index in [-0.39, 0.29) is 43.3 Å². The van der Waals surface area contributed by atoms with Crippen molar-refractivity contribution in [1.82, 2.24) is 10.2 Å². The zero-order valence-electron chi connectivity index (χ0n) is 19.1. The van der Waals surface area contributed by atoms with Gasteiger partial charge in [-0.05, 0) is 44.0 Å². The van der Waals surface area contributed by atoms with Gasteiger partial charge < -0.3 is 10.2 Å². The van der Waals surface area contributed by atoms with Crippen molar-refractivity contribution < 1.29 is 22.4 Å². The van der Waals surface area contributed by atoms with Gasteiger partial charge in [0.2, 0.25) is 21.8 Å². The van der Waals surface area contributed by atoms with E-state index in [1.54, 1.807) is 50.2 Å². The lowest BCUT2D eigenvalue weighted by molar-refractivity contribution is -0.140. The first-order valence-corrected chi connectivity index (χ1v) is 12.7. The number of likely N-dealkylation sites (N-methyl/N-ethyl adjacent to an activating group) is 1. The molecule has 0 aliphatic carbocycles. The lowest BCUT2D eigenvalue weighted by Crippen LogP contribution is -2.47. The summed E-state index contributed by atoms with van der Waals surface area (Å²) in [5, 5.41) is 2.90. The van der Waals surface area contributed by atoms with E-state index in [2.05, 4.69) is 5.32 Å². The van der Waals surface area contributed by atoms with Gasteiger partial charge in [0.15, 0.2) is 0 Å². The molecule has 180 valence electrons. The Balaban J connectivity index is 2.19. The number of carbonyl (C=O) groups is 2. The van der Waals surface area contributed by atoms with Crippen LogP contribution in [0.3, 0.4) is 0 Å². The predicted octanol–water partition coefficient (Wildman–Crippen LogP) is 3.50. The fraction of sp³-hybridized carbons (Fsp3) is 0.391. The van der Waals surface area contributed by atoms with Crippen LogP contribution in [0.5, 0.6) is 0 Å². The van der Waals surface area contributed by atoms with E-state index in [1.807, 2.05) is 0 Å². The summed E-state index contributed by atoms with van der Waals surface area (Å²) in [6.45, 7) is 3.31. The molecule has 1 N–H and O–H groups in total. The van der Waals surface area contributed by atoms with Crippen LogP contribution in [0.15, 0.2) is 42.5 Å². The summed E-state index contributed by atoms with van der Waals surface area (Å²) in [7, 11) is -2.17. The van der Waals surface area contributed by atoms with Crippen molar-refractivity contribution in [2.24, 2.45) is 0 Å². The summed E-state index contributed by atoms with van der Waals surface area (Å²) < 4.78 is 40.2. The smallest absolute Gasteiger partial charge is 0.242 e. The number of hydrogen-bond donors (Lipinski definition) is 1. The fourth-order valence-corrected chi connectivity index (χ4v) is 4.62. The SMILES string of the molecule is CNC(=O)C(C)N(Cc1ccccc1F)C(=O)CCCN(c1cc(Cl)ccc1C)S(C)(=O)=O. The standard InChI is InChI=1S/C23H29ClFN3O4S/c1-16-11-12-19(24)14-21(16)28(33(4,31)32)13-7-10-22(29)27(17(2)23(30)26-3)15-18-8-5-6-9-20(18)25/h5-6,8-9,11-12,14,17H,7,10,13,15H2,1-4H3,(H,26,30). The fourth-order valence-electron chi connectivity index (χ4n) is 3.44. The minimum Gasteiger partial charge on any atom is -0.357 e. The molecule has 0 spiro atoms. The van der Waals surface area contributed by atoms with Crippen molar-refractivity contribution in [2.45, 2.75) is 39.3 Å². The lowest BCUT2D eigenvalue weighted by atomic mass is 10.1. The van der Waals surface area contributed by atoms with Crippen LogP contribution in [0.1, 0.15) is 30.9 Å². The molecular weight excluding hydrogens is 469 g/mol. The summed E-state index contributed by atoms with van der Waals surface area (Å²) in [6, 6.07) is 10.2. The summed E-state index contributed by atoms with van der Waals surface area (Å²) in [5.74, 6) is -1.24. The first kappa shape index (κ1) is 26.6. The maximum Gasteiger partial charge on any atom is 0.242 e. The van der Waals surface area contributed by atoms with Crippen LogP contribution in [-0.2, 0) is 26.2 Å². The number of halogens is 2. The maximum atomic E-state index is 14.2. The average molecular weight is 498 g/mol. The third-order valence-electron chi connectivity index (χ3n) is 5.30. The largest absolute Gasteiger partial charge is 0.357 e. The van der Waals surface area contributed by atoms with Crippen LogP contribution >= 0.6 is 11.6 Å². The first-order chi connectivity index (χ1) is 15.5. The molecule has 0 aliphatic rings. The second kappa shape index (κ2) is 11.5. The van der Waals surface area contributed by atoms with Gasteiger partial charge >= 0.3 is 0 Å². The third-order valence-corrected chi connectivity index (χ3v) is 6.72. The highest BCUT2D eigenvalue weighted by atomic mass is 35.5. The zero-order valence-corrected chi connectivity index (χ0v) is 20.7. The second-order valence-electron chi connectivity index (χ2n) is 7.77. The Bertz CT molecular complexity index is 1110. The van der Waals surface area contributed by atoms with Gasteiger partial charge in [-0.15, -0.1) is 0 Å². The van der Waals surface area contributed by atoms with Gasteiger partial charge in [0.1, 0.15) is 11.9 Å². The van der Waals surface area contributed by atoms with Crippen LogP contribution in [-0.4, -0.2) is 51.0 Å². The van der Waals surface area contributed by atoms with Gasteiger partial charge in [0.25, 0.3) is 0 Å². The third kappa shape index (κ3) is 7.17. The molecule has 0 bridgehead atoms. The number of anilines is 1. The Kier molecular flexibility index (Phi) is 9.25. The van der Waals surface area contributed by atoms with Crippen LogP contribution in [0.4, 0.5) is 10.1 Å². The van der Waals surface area contributed by atoms with Crippen molar-refractivity contribution in [3.63, 3.8) is 0 Å². The van der Waals surface area contributed by atoms with E-state index in [0.29, 0.717) is 10.7 Å². The highest BCUT2D eigenvalue weighted by molar-refractivity contribution is 7.92. The number of benzene rings is 2. The molecule has 2 aromatic carbocycles. The van der Waals surface area contributed by atoms with Gasteiger partial charge in [-0.1, -0.05) is 35.9 Å². The molecule has 33 heavy (non-hydrogen) atoms. The van der Waals surface area contributed by atoms with E-state index in [1.165, 1.54) is 22.3 Å². The van der Waals surface area contributed by atoms with Crippen LogP contribution in [0.2, 0.25) is 5.02 Å². The van der Waals surface area contributed by atoms with Crippen molar-refractivity contribution in [3.8, 4) is 0 Å². The molecule has 2 rings (SSSR count). The van der Waals surface area contributed by atoms with Gasteiger partial charge in [0.05, 0.1) is 11.9 Å². The van der Waals surface area contributed by atoms with Crippen LogP contribution in [0.25, 0.3) is 0 Å². The molecule has 7 nitrogen and oxygen atoms in total. The Morgan fingerprint density at radius 2 is 1.85 bits per heavy atom. The summed E-state index contributed by atoms with van der Waals surface area (Å²) in [4.78, 5) is 26.5. The number of nitrogens with one attached hydrogen (secondary N) is 1. The molecule has 0 aliphatic heterocycles. The van der Waals surface area contributed by atoms with E-state index in [0.717, 1.165) is 11.8 Å². The number of sulfonamides is 1. The highest BCUT2D eigenvalue weighted by Gasteiger charge is 2.27. The van der Waals surface area contributed by atoms with E-state index in [9.17, 15) is 22.4 Å². The summed E-state index contributed by atoms with van der Waals surface area (Å²) in [6.07, 6.45) is 1.26. The van der Waals surface area contributed by atoms with Gasteiger partial charge in [-0.25, -0.2) is 12.8 Å². The van der Waals surface area contributed by atoms with Crippen molar-refractivity contribution in [1.29, 1.82) is 0 Å². The molecule has 2 aromatic rings. The summed E-state index contributed by atoms with van der Waals surface area (Å²) >= 11 is 6.05. The van der Waals surface area contributed by atoms with Crippen LogP contribution < -0.4 is 9.62 Å².